The van der Waals surface area contributed by atoms with Crippen molar-refractivity contribution in [1.82, 2.24) is 9.38 Å². The summed E-state index contributed by atoms with van der Waals surface area (Å²) in [6.45, 7) is 2.19. The molecule has 3 aromatic rings. The van der Waals surface area contributed by atoms with Crippen LogP contribution in [-0.4, -0.2) is 9.38 Å². The van der Waals surface area contributed by atoms with Crippen molar-refractivity contribution in [3.63, 3.8) is 0 Å². The number of aromatic nitrogens is 2. The number of halogens is 1. The average molecular weight is 346 g/mol. The van der Waals surface area contributed by atoms with Crippen LogP contribution in [0.15, 0.2) is 47.4 Å². The second-order valence-corrected chi connectivity index (χ2v) is 6.94. The maximum Gasteiger partial charge on any atom is 0.261 e. The van der Waals surface area contributed by atoms with Crippen LogP contribution in [0.3, 0.4) is 0 Å². The summed E-state index contributed by atoms with van der Waals surface area (Å²) in [4.78, 5) is 17.6. The van der Waals surface area contributed by atoms with Gasteiger partial charge in [0, 0.05) is 22.9 Å². The van der Waals surface area contributed by atoms with Crippen molar-refractivity contribution >= 4 is 5.65 Å². The van der Waals surface area contributed by atoms with Crippen molar-refractivity contribution in [2.45, 2.75) is 32.6 Å². The van der Waals surface area contributed by atoms with Crippen molar-refractivity contribution in [1.29, 1.82) is 0 Å². The van der Waals surface area contributed by atoms with E-state index in [0.717, 1.165) is 48.1 Å². The van der Waals surface area contributed by atoms with Crippen molar-refractivity contribution in [3.8, 4) is 11.8 Å². The zero-order valence-corrected chi connectivity index (χ0v) is 14.6. The third-order valence-electron chi connectivity index (χ3n) is 4.87. The SMILES string of the molecule is CC1CCCc2nc3cc(C#Cc4ccc(F)cc4)ccn3c(=O)c2C1. The predicted molar refractivity (Wildman–Crippen MR) is 99.6 cm³/mol. The highest BCUT2D eigenvalue weighted by atomic mass is 19.1. The molecule has 2 heterocycles. The quantitative estimate of drug-likeness (QED) is 0.459. The molecule has 4 heteroatoms. The van der Waals surface area contributed by atoms with Gasteiger partial charge in [0.25, 0.3) is 5.56 Å². The Balaban J connectivity index is 1.75. The van der Waals surface area contributed by atoms with Gasteiger partial charge in [0.15, 0.2) is 0 Å². The Morgan fingerprint density at radius 2 is 1.92 bits per heavy atom. The fourth-order valence-electron chi connectivity index (χ4n) is 3.46. The summed E-state index contributed by atoms with van der Waals surface area (Å²) in [6, 6.07) is 9.73. The Bertz CT molecular complexity index is 1090. The average Bonchev–Trinajstić information content (AvgIpc) is 2.82. The van der Waals surface area contributed by atoms with E-state index in [1.165, 1.54) is 12.1 Å². The van der Waals surface area contributed by atoms with Gasteiger partial charge in [-0.3, -0.25) is 9.20 Å². The second-order valence-electron chi connectivity index (χ2n) is 6.94. The second kappa shape index (κ2) is 6.76. The Hall–Kier alpha value is -2.93. The lowest BCUT2D eigenvalue weighted by atomic mass is 10.0. The summed E-state index contributed by atoms with van der Waals surface area (Å²) in [5.74, 6) is 6.32. The number of nitrogens with zero attached hydrogens (tertiary/aromatic N) is 2. The molecule has 0 aliphatic heterocycles. The lowest BCUT2D eigenvalue weighted by Gasteiger charge is -2.09. The summed E-state index contributed by atoms with van der Waals surface area (Å²) in [5.41, 5.74) is 3.99. The summed E-state index contributed by atoms with van der Waals surface area (Å²) >= 11 is 0. The van der Waals surface area contributed by atoms with Gasteiger partial charge in [-0.15, -0.1) is 0 Å². The number of benzene rings is 1. The summed E-state index contributed by atoms with van der Waals surface area (Å²) < 4.78 is 14.6. The predicted octanol–water partition coefficient (Wildman–Crippen LogP) is 3.75. The molecule has 1 aliphatic carbocycles. The number of hydrogen-bond acceptors (Lipinski definition) is 2. The standard InChI is InChI=1S/C22H19FN2O/c1-15-3-2-4-20-19(13-15)22(26)25-12-11-17(14-21(25)24-20)6-5-16-7-9-18(23)10-8-16/h7-12,14-15H,2-4,13H2,1H3. The normalized spacial score (nSPS) is 16.5. The van der Waals surface area contributed by atoms with Crippen molar-refractivity contribution in [2.24, 2.45) is 5.92 Å². The van der Waals surface area contributed by atoms with Crippen LogP contribution in [0, 0.1) is 23.6 Å². The van der Waals surface area contributed by atoms with Crippen LogP contribution in [-0.2, 0) is 12.8 Å². The molecule has 0 radical (unpaired) electrons. The van der Waals surface area contributed by atoms with Crippen LogP contribution >= 0.6 is 0 Å². The molecule has 0 amide bonds. The van der Waals surface area contributed by atoms with Gasteiger partial charge in [0.05, 0.1) is 5.69 Å². The van der Waals surface area contributed by atoms with Gasteiger partial charge in [0.1, 0.15) is 11.5 Å². The van der Waals surface area contributed by atoms with Gasteiger partial charge >= 0.3 is 0 Å². The van der Waals surface area contributed by atoms with Crippen molar-refractivity contribution < 1.29 is 4.39 Å². The monoisotopic (exact) mass is 346 g/mol. The lowest BCUT2D eigenvalue weighted by molar-refractivity contribution is 0.525. The smallest absolute Gasteiger partial charge is 0.261 e. The molecule has 3 nitrogen and oxygen atoms in total. The van der Waals surface area contributed by atoms with Crippen LogP contribution in [0.4, 0.5) is 4.39 Å². The number of pyridine rings is 1. The summed E-state index contributed by atoms with van der Waals surface area (Å²) in [6.07, 6.45) is 5.61. The maximum atomic E-state index is 13.0. The highest BCUT2D eigenvalue weighted by molar-refractivity contribution is 5.50. The molecule has 0 bridgehead atoms. The molecule has 1 aromatic carbocycles. The van der Waals surface area contributed by atoms with E-state index in [1.54, 1.807) is 22.7 Å². The van der Waals surface area contributed by atoms with Crippen molar-refractivity contribution in [2.75, 3.05) is 0 Å². The van der Waals surface area contributed by atoms with E-state index < -0.39 is 0 Å². The molecule has 130 valence electrons. The zero-order valence-electron chi connectivity index (χ0n) is 14.6. The van der Waals surface area contributed by atoms with E-state index in [-0.39, 0.29) is 11.4 Å². The first kappa shape index (κ1) is 16.5. The molecule has 0 spiro atoms. The molecule has 4 rings (SSSR count). The lowest BCUT2D eigenvalue weighted by Crippen LogP contribution is -2.23. The molecule has 0 N–H and O–H groups in total. The minimum Gasteiger partial charge on any atom is -0.269 e. The Kier molecular flexibility index (Phi) is 4.30. The van der Waals surface area contributed by atoms with Crippen LogP contribution in [0.5, 0.6) is 0 Å². The minimum atomic E-state index is -0.278. The topological polar surface area (TPSA) is 34.4 Å². The molecule has 0 saturated carbocycles. The van der Waals surface area contributed by atoms with Crippen LogP contribution < -0.4 is 5.56 Å². The molecule has 0 saturated heterocycles. The minimum absolute atomic E-state index is 0.0387. The van der Waals surface area contributed by atoms with E-state index >= 15 is 0 Å². The maximum absolute atomic E-state index is 13.0. The van der Waals surface area contributed by atoms with E-state index in [4.69, 9.17) is 4.98 Å². The number of rotatable bonds is 0. The largest absolute Gasteiger partial charge is 0.269 e. The first-order chi connectivity index (χ1) is 12.6. The van der Waals surface area contributed by atoms with E-state index in [1.807, 2.05) is 12.1 Å². The molecule has 26 heavy (non-hydrogen) atoms. The van der Waals surface area contributed by atoms with E-state index in [2.05, 4.69) is 18.8 Å². The molecule has 1 aliphatic rings. The molecule has 1 unspecified atom stereocenters. The van der Waals surface area contributed by atoms with Gasteiger partial charge in [-0.05, 0) is 61.6 Å². The first-order valence-corrected chi connectivity index (χ1v) is 8.92. The zero-order chi connectivity index (χ0) is 18.1. The van der Waals surface area contributed by atoms with Gasteiger partial charge in [-0.25, -0.2) is 9.37 Å². The summed E-state index contributed by atoms with van der Waals surface area (Å²) in [5, 5.41) is 0. The Morgan fingerprint density at radius 3 is 2.73 bits per heavy atom. The third kappa shape index (κ3) is 3.25. The highest BCUT2D eigenvalue weighted by Crippen LogP contribution is 2.21. The van der Waals surface area contributed by atoms with Crippen LogP contribution in [0.1, 0.15) is 42.1 Å². The van der Waals surface area contributed by atoms with Crippen LogP contribution in [0.25, 0.3) is 5.65 Å². The van der Waals surface area contributed by atoms with Gasteiger partial charge in [-0.2, -0.15) is 0 Å². The fourth-order valence-corrected chi connectivity index (χ4v) is 3.46. The molecular formula is C22H19FN2O. The molecule has 0 fully saturated rings. The Labute approximate surface area is 151 Å². The molecular weight excluding hydrogens is 327 g/mol. The van der Waals surface area contributed by atoms with Crippen molar-refractivity contribution in [3.05, 3.63) is 81.2 Å². The highest BCUT2D eigenvalue weighted by Gasteiger charge is 2.19. The Morgan fingerprint density at radius 1 is 1.15 bits per heavy atom. The van der Waals surface area contributed by atoms with Gasteiger partial charge in [-0.1, -0.05) is 25.2 Å². The van der Waals surface area contributed by atoms with E-state index in [0.29, 0.717) is 11.6 Å². The van der Waals surface area contributed by atoms with Gasteiger partial charge < -0.3 is 0 Å². The van der Waals surface area contributed by atoms with Gasteiger partial charge in [0.2, 0.25) is 0 Å². The molecule has 2 aromatic heterocycles. The number of hydrogen-bond donors (Lipinski definition) is 0. The number of aryl methyl sites for hydroxylation is 1. The number of fused-ring (bicyclic) bond motifs is 2. The third-order valence-corrected chi connectivity index (χ3v) is 4.87. The first-order valence-electron chi connectivity index (χ1n) is 8.92. The fraction of sp³-hybridized carbons (Fsp3) is 0.273. The van der Waals surface area contributed by atoms with Crippen LogP contribution in [0.2, 0.25) is 0 Å². The van der Waals surface area contributed by atoms with E-state index in [9.17, 15) is 9.18 Å². The molecule has 1 atom stereocenters. The summed E-state index contributed by atoms with van der Waals surface area (Å²) in [7, 11) is 0.